The van der Waals surface area contributed by atoms with Crippen LogP contribution < -0.4 is 10.6 Å². The van der Waals surface area contributed by atoms with Crippen molar-refractivity contribution in [3.63, 3.8) is 0 Å². The van der Waals surface area contributed by atoms with Crippen molar-refractivity contribution in [1.82, 2.24) is 20.4 Å². The molecule has 7 nitrogen and oxygen atoms in total. The Morgan fingerprint density at radius 1 is 1.02 bits per heavy atom. The highest BCUT2D eigenvalue weighted by Crippen LogP contribution is 2.28. The molecule has 0 unspecified atom stereocenters. The van der Waals surface area contributed by atoms with Gasteiger partial charge < -0.3 is 20.4 Å². The maximum Gasteiger partial charge on any atom is 0.251 e. The minimum Gasteiger partial charge on any atom is -0.349 e. The van der Waals surface area contributed by atoms with Gasteiger partial charge in [0.25, 0.3) is 5.91 Å². The molecule has 0 bridgehead atoms. The third-order valence-corrected chi connectivity index (χ3v) is 7.76. The van der Waals surface area contributed by atoms with Crippen LogP contribution in [-0.2, 0) is 4.79 Å². The number of nitrogens with one attached hydrogen (secondary N) is 2. The van der Waals surface area contributed by atoms with Gasteiger partial charge in [0.2, 0.25) is 6.41 Å². The summed E-state index contributed by atoms with van der Waals surface area (Å²) in [6, 6.07) is 5.31. The van der Waals surface area contributed by atoms with E-state index in [1.807, 2.05) is 19.1 Å². The molecule has 1 aromatic rings. The first-order valence-corrected chi connectivity index (χ1v) is 16.2. The predicted molar refractivity (Wildman–Crippen MR) is 181 cm³/mol. The number of carbonyl (C=O) groups excluding carboxylic acids is 3. The first-order chi connectivity index (χ1) is 20.8. The van der Waals surface area contributed by atoms with Gasteiger partial charge in [0.1, 0.15) is 6.29 Å². The quantitative estimate of drug-likeness (QED) is 0.104. The predicted octanol–water partition coefficient (Wildman–Crippen LogP) is 6.35. The molecular weight excluding hydrogens is 536 g/mol. The fourth-order valence-electron chi connectivity index (χ4n) is 5.59. The number of amides is 2. The lowest BCUT2D eigenvalue weighted by atomic mass is 9.84. The van der Waals surface area contributed by atoms with Crippen LogP contribution in [0.1, 0.15) is 97.9 Å². The van der Waals surface area contributed by atoms with E-state index >= 15 is 0 Å². The van der Waals surface area contributed by atoms with Crippen molar-refractivity contribution in [2.24, 2.45) is 5.92 Å². The normalized spacial score (nSPS) is 14.3. The molecule has 0 spiro atoms. The van der Waals surface area contributed by atoms with Crippen molar-refractivity contribution in [2.75, 3.05) is 46.3 Å². The van der Waals surface area contributed by atoms with Crippen LogP contribution in [-0.4, -0.2) is 80.8 Å². The topological polar surface area (TPSA) is 81.8 Å². The first-order valence-electron chi connectivity index (χ1n) is 16.2. The van der Waals surface area contributed by atoms with Crippen molar-refractivity contribution in [2.45, 2.75) is 84.6 Å². The van der Waals surface area contributed by atoms with Gasteiger partial charge in [-0.3, -0.25) is 14.4 Å². The average Bonchev–Trinajstić information content (AvgIpc) is 3.00. The Labute approximate surface area is 261 Å². The number of carbonyl (C=O) groups is 3. The zero-order valence-electron chi connectivity index (χ0n) is 27.4. The summed E-state index contributed by atoms with van der Waals surface area (Å²) >= 11 is 0. The van der Waals surface area contributed by atoms with Crippen molar-refractivity contribution >= 4 is 18.6 Å². The fourth-order valence-corrected chi connectivity index (χ4v) is 5.59. The number of allylic oxidation sites excluding steroid dienone is 2. The Kier molecular flexibility index (Phi) is 20.7. The highest BCUT2D eigenvalue weighted by atomic mass is 16.2. The number of hydrogen-bond acceptors (Lipinski definition) is 5. The van der Waals surface area contributed by atoms with E-state index < -0.39 is 0 Å². The molecule has 0 aliphatic heterocycles. The second kappa shape index (κ2) is 23.4. The van der Waals surface area contributed by atoms with Crippen LogP contribution in [0, 0.1) is 12.8 Å². The molecule has 1 saturated carbocycles. The number of hydrogen-bond donors (Lipinski definition) is 2. The van der Waals surface area contributed by atoms with Gasteiger partial charge >= 0.3 is 0 Å². The molecule has 0 saturated heterocycles. The first kappa shape index (κ1) is 38.0. The number of benzene rings is 1. The Morgan fingerprint density at radius 2 is 1.72 bits per heavy atom. The largest absolute Gasteiger partial charge is 0.349 e. The summed E-state index contributed by atoms with van der Waals surface area (Å²) in [7, 11) is 2.17. The Hall–Kier alpha value is -3.03. The number of rotatable bonds is 20. The van der Waals surface area contributed by atoms with Crippen LogP contribution >= 0.6 is 0 Å². The van der Waals surface area contributed by atoms with Crippen LogP contribution in [0.4, 0.5) is 0 Å². The molecule has 1 aromatic carbocycles. The maximum atomic E-state index is 13.0. The van der Waals surface area contributed by atoms with Gasteiger partial charge in [-0.1, -0.05) is 77.3 Å². The van der Waals surface area contributed by atoms with Crippen LogP contribution in [0.2, 0.25) is 0 Å². The van der Waals surface area contributed by atoms with E-state index in [1.165, 1.54) is 58.0 Å². The minimum absolute atomic E-state index is 0.0587. The SMILES string of the molecule is C=C/C=C(\C=C)CN(C=O)CCNCC[C@H](CC1CCCCC1)NC(=O)c1cc(C)cc(C=O)c1.CCCN(C)CCC. The van der Waals surface area contributed by atoms with Gasteiger partial charge in [-0.15, -0.1) is 0 Å². The third kappa shape index (κ3) is 17.0. The molecule has 2 N–H and O–H groups in total. The number of nitrogens with zero attached hydrogens (tertiary/aromatic N) is 2. The lowest BCUT2D eigenvalue weighted by Gasteiger charge is -2.27. The molecule has 43 heavy (non-hydrogen) atoms. The van der Waals surface area contributed by atoms with Gasteiger partial charge in [0.15, 0.2) is 0 Å². The smallest absolute Gasteiger partial charge is 0.251 e. The van der Waals surface area contributed by atoms with E-state index in [4.69, 9.17) is 0 Å². The molecule has 1 aliphatic rings. The number of aryl methyl sites for hydroxylation is 1. The average molecular weight is 595 g/mol. The van der Waals surface area contributed by atoms with E-state index in [0.717, 1.165) is 43.2 Å². The lowest BCUT2D eigenvalue weighted by molar-refractivity contribution is -0.117. The summed E-state index contributed by atoms with van der Waals surface area (Å²) in [6.45, 7) is 18.8. The van der Waals surface area contributed by atoms with Gasteiger partial charge in [0.05, 0.1) is 0 Å². The van der Waals surface area contributed by atoms with E-state index in [0.29, 0.717) is 36.7 Å². The number of aldehydes is 1. The Bertz CT molecular complexity index is 994. The molecular formula is C36H58N4O3. The summed E-state index contributed by atoms with van der Waals surface area (Å²) in [4.78, 5) is 39.7. The van der Waals surface area contributed by atoms with Gasteiger partial charge in [0, 0.05) is 36.8 Å². The fraction of sp³-hybridized carbons (Fsp3) is 0.583. The van der Waals surface area contributed by atoms with Crippen LogP contribution in [0.3, 0.4) is 0 Å². The van der Waals surface area contributed by atoms with E-state index in [9.17, 15) is 14.4 Å². The summed E-state index contributed by atoms with van der Waals surface area (Å²) in [5.74, 6) is 0.507. The van der Waals surface area contributed by atoms with Crippen LogP contribution in [0.25, 0.3) is 0 Å². The lowest BCUT2D eigenvalue weighted by Crippen LogP contribution is -2.40. The van der Waals surface area contributed by atoms with Crippen molar-refractivity contribution in [1.29, 1.82) is 0 Å². The summed E-state index contributed by atoms with van der Waals surface area (Å²) in [5, 5.41) is 6.65. The molecule has 1 aliphatic carbocycles. The second-order valence-corrected chi connectivity index (χ2v) is 11.8. The van der Waals surface area contributed by atoms with Gasteiger partial charge in [-0.2, -0.15) is 0 Å². The second-order valence-electron chi connectivity index (χ2n) is 11.8. The zero-order chi connectivity index (χ0) is 31.9. The van der Waals surface area contributed by atoms with Crippen molar-refractivity contribution in [3.05, 3.63) is 71.8 Å². The molecule has 2 amide bonds. The molecule has 0 heterocycles. The van der Waals surface area contributed by atoms with Crippen LogP contribution in [0.15, 0.2) is 55.2 Å². The molecule has 240 valence electrons. The highest BCUT2D eigenvalue weighted by Gasteiger charge is 2.21. The van der Waals surface area contributed by atoms with Crippen molar-refractivity contribution in [3.8, 4) is 0 Å². The van der Waals surface area contributed by atoms with Crippen LogP contribution in [0.5, 0.6) is 0 Å². The minimum atomic E-state index is -0.129. The molecule has 7 heteroatoms. The van der Waals surface area contributed by atoms with Gasteiger partial charge in [-0.05, 0) is 94.5 Å². The van der Waals surface area contributed by atoms with E-state index in [1.54, 1.807) is 29.2 Å². The Balaban J connectivity index is 0.00000101. The Morgan fingerprint density at radius 3 is 2.30 bits per heavy atom. The monoisotopic (exact) mass is 594 g/mol. The summed E-state index contributed by atoms with van der Waals surface area (Å²) in [6.07, 6.45) is 17.5. The molecule has 1 fully saturated rings. The van der Waals surface area contributed by atoms with E-state index in [2.05, 4.69) is 49.6 Å². The van der Waals surface area contributed by atoms with E-state index in [-0.39, 0.29) is 11.9 Å². The maximum absolute atomic E-state index is 13.0. The van der Waals surface area contributed by atoms with Gasteiger partial charge in [-0.25, -0.2) is 0 Å². The molecule has 0 radical (unpaired) electrons. The molecule has 2 rings (SSSR count). The summed E-state index contributed by atoms with van der Waals surface area (Å²) in [5.41, 5.74) is 2.88. The standard InChI is InChI=1S/C29H41N3O3.C7H17N/c1-4-9-24(5-2)20-32(22-34)15-14-30-13-12-28(19-25-10-7-6-8-11-25)31-29(35)27-17-23(3)16-26(18-27)21-33;1-4-6-8(3)7-5-2/h4-5,9,16-18,21-22,25,28,30H,1-2,6-8,10-15,19-20H2,3H3,(H,31,35);4-7H2,1-3H3/b24-9+;/t28-;/m1./s1. The molecule has 0 aromatic heterocycles. The van der Waals surface area contributed by atoms with Crippen molar-refractivity contribution < 1.29 is 14.4 Å². The zero-order valence-corrected chi connectivity index (χ0v) is 27.4. The summed E-state index contributed by atoms with van der Waals surface area (Å²) < 4.78 is 0. The highest BCUT2D eigenvalue weighted by molar-refractivity contribution is 5.96. The third-order valence-electron chi connectivity index (χ3n) is 7.76. The molecule has 1 atom stereocenters.